The third-order valence-corrected chi connectivity index (χ3v) is 11.4. The van der Waals surface area contributed by atoms with Crippen molar-refractivity contribution < 1.29 is 0 Å². The van der Waals surface area contributed by atoms with Gasteiger partial charge in [-0.1, -0.05) is 74.0 Å². The summed E-state index contributed by atoms with van der Waals surface area (Å²) in [7, 11) is 0. The van der Waals surface area contributed by atoms with Gasteiger partial charge >= 0.3 is 0 Å². The average Bonchev–Trinajstić information content (AvgIpc) is 2.70. The van der Waals surface area contributed by atoms with Crippen molar-refractivity contribution in [1.29, 1.82) is 0 Å². The van der Waals surface area contributed by atoms with Crippen molar-refractivity contribution in [3.05, 3.63) is 12.2 Å². The molecule has 0 amide bonds. The summed E-state index contributed by atoms with van der Waals surface area (Å²) in [5.74, 6) is 4.43. The lowest BCUT2D eigenvalue weighted by atomic mass is 9.37. The molecular weight excluding hydrogens is 374 g/mol. The quantitative estimate of drug-likeness (QED) is 0.446. The zero-order chi connectivity index (χ0) is 23.2. The van der Waals surface area contributed by atoms with Gasteiger partial charge in [-0.25, -0.2) is 0 Å². The molecule has 0 radical (unpaired) electrons. The summed E-state index contributed by atoms with van der Waals surface area (Å²) in [5.41, 5.74) is 8.34. The van der Waals surface area contributed by atoms with E-state index in [0.29, 0.717) is 27.7 Å². The van der Waals surface area contributed by atoms with E-state index in [4.69, 9.17) is 5.73 Å². The third kappa shape index (κ3) is 3.98. The second-order valence-corrected chi connectivity index (χ2v) is 13.3. The predicted octanol–water partition coefficient (Wildman–Crippen LogP) is 8.63. The molecule has 2 N–H and O–H groups in total. The van der Waals surface area contributed by atoms with Crippen molar-refractivity contribution in [2.45, 2.75) is 126 Å². The van der Waals surface area contributed by atoms with E-state index in [2.05, 4.69) is 60.6 Å². The molecule has 0 aromatic heterocycles. The van der Waals surface area contributed by atoms with E-state index >= 15 is 0 Å². The molecule has 3 fully saturated rings. The molecule has 0 aliphatic heterocycles. The fourth-order valence-corrected chi connectivity index (χ4v) is 9.86. The van der Waals surface area contributed by atoms with Crippen molar-refractivity contribution >= 4 is 0 Å². The van der Waals surface area contributed by atoms with Gasteiger partial charge in [0.1, 0.15) is 0 Å². The number of allylic oxidation sites excluding steroid dienone is 2. The molecule has 31 heavy (non-hydrogen) atoms. The van der Waals surface area contributed by atoms with Crippen LogP contribution in [0.2, 0.25) is 0 Å². The Morgan fingerprint density at radius 2 is 1.58 bits per heavy atom. The number of hydrogen-bond donors (Lipinski definition) is 1. The Labute approximate surface area is 195 Å². The van der Waals surface area contributed by atoms with Crippen molar-refractivity contribution in [2.75, 3.05) is 0 Å². The standard InChI is InChI=1S/C28H49N.C2H6/c1-8-26(5)16-12-21-20(22(26)18-19(2)29)10-11-24-27(21,6)17-13-23-25(3,4)14-9-15-28(23,24)7;1-2/h9,14,19-24H,8,10-13,15-18,29H2,1-7H3;1-2H3. The Morgan fingerprint density at radius 1 is 0.903 bits per heavy atom. The highest BCUT2D eigenvalue weighted by atomic mass is 14.7. The Balaban J connectivity index is 0.00000132. The maximum Gasteiger partial charge on any atom is 0.00134 e. The van der Waals surface area contributed by atoms with Gasteiger partial charge in [-0.15, -0.1) is 0 Å². The monoisotopic (exact) mass is 429 g/mol. The van der Waals surface area contributed by atoms with Crippen LogP contribution in [0, 0.1) is 51.2 Å². The normalized spacial score (nSPS) is 49.0. The van der Waals surface area contributed by atoms with Gasteiger partial charge in [0.25, 0.3) is 0 Å². The summed E-state index contributed by atoms with van der Waals surface area (Å²) < 4.78 is 0. The van der Waals surface area contributed by atoms with E-state index in [1.807, 2.05) is 13.8 Å². The Kier molecular flexibility index (Phi) is 7.20. The first kappa shape index (κ1) is 25.3. The SMILES string of the molecule is CC.CCC1(C)CCC2C(CCC3C2(C)CCC2C(C)(C)C=CCC23C)C1CC(C)N. The van der Waals surface area contributed by atoms with Gasteiger partial charge in [-0.3, -0.25) is 0 Å². The Hall–Kier alpha value is -0.300. The number of hydrogen-bond acceptors (Lipinski definition) is 1. The Morgan fingerprint density at radius 3 is 2.19 bits per heavy atom. The fraction of sp³-hybridized carbons (Fsp3) is 0.933. The van der Waals surface area contributed by atoms with Gasteiger partial charge in [0.2, 0.25) is 0 Å². The van der Waals surface area contributed by atoms with Gasteiger partial charge in [0.05, 0.1) is 0 Å². The lowest BCUT2D eigenvalue weighted by molar-refractivity contribution is -0.182. The van der Waals surface area contributed by atoms with Crippen molar-refractivity contribution in [2.24, 2.45) is 57.0 Å². The molecule has 9 atom stereocenters. The molecule has 9 unspecified atom stereocenters. The van der Waals surface area contributed by atoms with Gasteiger partial charge in [-0.2, -0.15) is 0 Å². The second kappa shape index (κ2) is 8.81. The number of rotatable bonds is 3. The molecular formula is C30H55N. The van der Waals surface area contributed by atoms with Crippen LogP contribution in [0.15, 0.2) is 12.2 Å². The van der Waals surface area contributed by atoms with Crippen LogP contribution in [0.25, 0.3) is 0 Å². The molecule has 0 heterocycles. The van der Waals surface area contributed by atoms with Crippen molar-refractivity contribution in [3.8, 4) is 0 Å². The first-order chi connectivity index (χ1) is 14.5. The molecule has 3 saturated carbocycles. The van der Waals surface area contributed by atoms with Crippen LogP contribution in [-0.2, 0) is 0 Å². The topological polar surface area (TPSA) is 26.0 Å². The highest BCUT2D eigenvalue weighted by Gasteiger charge is 2.63. The zero-order valence-corrected chi connectivity index (χ0v) is 22.6. The largest absolute Gasteiger partial charge is 0.328 e. The first-order valence-electron chi connectivity index (χ1n) is 13.9. The summed E-state index contributed by atoms with van der Waals surface area (Å²) in [6, 6.07) is 0.340. The maximum atomic E-state index is 6.42. The van der Waals surface area contributed by atoms with E-state index < -0.39 is 0 Å². The molecule has 0 bridgehead atoms. The second-order valence-electron chi connectivity index (χ2n) is 13.3. The summed E-state index contributed by atoms with van der Waals surface area (Å²) >= 11 is 0. The first-order valence-corrected chi connectivity index (χ1v) is 13.9. The van der Waals surface area contributed by atoms with Gasteiger partial charge < -0.3 is 5.73 Å². The molecule has 1 nitrogen and oxygen atoms in total. The molecule has 0 aromatic carbocycles. The van der Waals surface area contributed by atoms with Crippen molar-refractivity contribution in [3.63, 3.8) is 0 Å². The summed E-state index contributed by atoms with van der Waals surface area (Å²) in [6.45, 7) is 21.7. The Bertz CT molecular complexity index is 647. The lowest BCUT2D eigenvalue weighted by Gasteiger charge is -2.68. The van der Waals surface area contributed by atoms with E-state index in [1.54, 1.807) is 0 Å². The van der Waals surface area contributed by atoms with E-state index in [-0.39, 0.29) is 0 Å². The molecule has 4 aliphatic rings. The molecule has 180 valence electrons. The molecule has 0 saturated heterocycles. The highest BCUT2D eigenvalue weighted by Crippen LogP contribution is 2.71. The summed E-state index contributed by atoms with van der Waals surface area (Å²) in [4.78, 5) is 0. The van der Waals surface area contributed by atoms with Gasteiger partial charge in [0, 0.05) is 6.04 Å². The van der Waals surface area contributed by atoms with Crippen LogP contribution in [0.3, 0.4) is 0 Å². The highest BCUT2D eigenvalue weighted by molar-refractivity contribution is 5.18. The molecule has 4 rings (SSSR count). The summed E-state index contributed by atoms with van der Waals surface area (Å²) in [6.07, 6.45) is 17.7. The average molecular weight is 430 g/mol. The van der Waals surface area contributed by atoms with E-state index in [1.165, 1.54) is 57.8 Å². The maximum absolute atomic E-state index is 6.42. The van der Waals surface area contributed by atoms with Gasteiger partial charge in [-0.05, 0) is 110 Å². The molecule has 0 spiro atoms. The van der Waals surface area contributed by atoms with Crippen LogP contribution in [0.4, 0.5) is 0 Å². The van der Waals surface area contributed by atoms with E-state index in [9.17, 15) is 0 Å². The smallest absolute Gasteiger partial charge is 0.00134 e. The van der Waals surface area contributed by atoms with E-state index in [0.717, 1.165) is 29.6 Å². The van der Waals surface area contributed by atoms with Crippen LogP contribution in [-0.4, -0.2) is 6.04 Å². The third-order valence-electron chi connectivity index (χ3n) is 11.4. The zero-order valence-electron chi connectivity index (χ0n) is 22.6. The fourth-order valence-electron chi connectivity index (χ4n) is 9.86. The molecule has 1 heteroatoms. The number of nitrogens with two attached hydrogens (primary N) is 1. The molecule has 4 aliphatic carbocycles. The van der Waals surface area contributed by atoms with Crippen LogP contribution >= 0.6 is 0 Å². The lowest BCUT2D eigenvalue weighted by Crippen LogP contribution is -2.61. The van der Waals surface area contributed by atoms with Crippen LogP contribution in [0.5, 0.6) is 0 Å². The molecule has 0 aromatic rings. The number of fused-ring (bicyclic) bond motifs is 5. The van der Waals surface area contributed by atoms with Crippen molar-refractivity contribution in [1.82, 2.24) is 0 Å². The van der Waals surface area contributed by atoms with Gasteiger partial charge in [0.15, 0.2) is 0 Å². The minimum Gasteiger partial charge on any atom is -0.328 e. The predicted molar refractivity (Wildman–Crippen MR) is 137 cm³/mol. The minimum atomic E-state index is 0.340. The minimum absolute atomic E-state index is 0.340. The van der Waals surface area contributed by atoms with Crippen LogP contribution < -0.4 is 5.73 Å². The summed E-state index contributed by atoms with van der Waals surface area (Å²) in [5, 5.41) is 0. The van der Waals surface area contributed by atoms with Crippen LogP contribution in [0.1, 0.15) is 120 Å².